The fourth-order valence-corrected chi connectivity index (χ4v) is 3.45. The lowest BCUT2D eigenvalue weighted by molar-refractivity contribution is 0.0594. The van der Waals surface area contributed by atoms with Crippen molar-refractivity contribution in [1.82, 2.24) is 4.98 Å². The fraction of sp³-hybridized carbons (Fsp3) is 0.304. The number of hydrogen-bond acceptors (Lipinski definition) is 3. The number of aromatic nitrogens is 1. The summed E-state index contributed by atoms with van der Waals surface area (Å²) >= 11 is 0. The van der Waals surface area contributed by atoms with Gasteiger partial charge in [0.05, 0.1) is 12.8 Å². The summed E-state index contributed by atoms with van der Waals surface area (Å²) in [7, 11) is 1.41. The highest BCUT2D eigenvalue weighted by Crippen LogP contribution is 2.39. The van der Waals surface area contributed by atoms with E-state index in [0.29, 0.717) is 5.69 Å². The Kier molecular flexibility index (Phi) is 5.08. The highest BCUT2D eigenvalue weighted by molar-refractivity contribution is 6.07. The molecule has 0 spiro atoms. The topological polar surface area (TPSA) is 39.2 Å². The average Bonchev–Trinajstić information content (AvgIpc) is 2.72. The quantitative estimate of drug-likeness (QED) is 0.550. The van der Waals surface area contributed by atoms with Gasteiger partial charge in [0.1, 0.15) is 0 Å². The van der Waals surface area contributed by atoms with Crippen LogP contribution in [0.2, 0.25) is 0 Å². The summed E-state index contributed by atoms with van der Waals surface area (Å²) in [6.07, 6.45) is 1.90. The van der Waals surface area contributed by atoms with Crippen molar-refractivity contribution >= 4 is 16.7 Å². The molecule has 2 aromatic carbocycles. The zero-order valence-corrected chi connectivity index (χ0v) is 15.9. The molecule has 0 saturated carbocycles. The van der Waals surface area contributed by atoms with Crippen LogP contribution in [-0.4, -0.2) is 18.1 Å². The Bertz CT molecular complexity index is 928. The number of fused-ring (bicyclic) bond motifs is 1. The van der Waals surface area contributed by atoms with Crippen LogP contribution in [0.15, 0.2) is 54.6 Å². The number of carbonyl (C=O) groups excluding carboxylic acids is 1. The maximum absolute atomic E-state index is 12.6. The van der Waals surface area contributed by atoms with E-state index in [4.69, 9.17) is 9.72 Å². The van der Waals surface area contributed by atoms with Gasteiger partial charge in [-0.25, -0.2) is 9.78 Å². The van der Waals surface area contributed by atoms with Crippen molar-refractivity contribution in [2.24, 2.45) is 0 Å². The molecule has 0 radical (unpaired) electrons. The first-order valence-electron chi connectivity index (χ1n) is 9.12. The maximum atomic E-state index is 12.6. The largest absolute Gasteiger partial charge is 0.464 e. The number of hydrogen-bond donors (Lipinski definition) is 0. The lowest BCUT2D eigenvalue weighted by Gasteiger charge is -2.29. The van der Waals surface area contributed by atoms with E-state index in [2.05, 4.69) is 32.9 Å². The van der Waals surface area contributed by atoms with Gasteiger partial charge in [-0.2, -0.15) is 0 Å². The summed E-state index contributed by atoms with van der Waals surface area (Å²) < 4.78 is 5.08. The number of nitrogens with zero attached hydrogens (tertiary/aromatic N) is 1. The highest BCUT2D eigenvalue weighted by Gasteiger charge is 2.30. The van der Waals surface area contributed by atoms with Gasteiger partial charge in [-0.1, -0.05) is 75.4 Å². The zero-order valence-electron chi connectivity index (χ0n) is 15.9. The van der Waals surface area contributed by atoms with Crippen molar-refractivity contribution in [2.75, 3.05) is 7.11 Å². The Labute approximate surface area is 155 Å². The van der Waals surface area contributed by atoms with E-state index >= 15 is 0 Å². The van der Waals surface area contributed by atoms with Gasteiger partial charge in [-0.3, -0.25) is 0 Å². The lowest BCUT2D eigenvalue weighted by atomic mass is 9.78. The van der Waals surface area contributed by atoms with E-state index in [-0.39, 0.29) is 5.41 Å². The number of benzene rings is 2. The third-order valence-electron chi connectivity index (χ3n) is 5.49. The van der Waals surface area contributed by atoms with Gasteiger partial charge in [0.2, 0.25) is 0 Å². The van der Waals surface area contributed by atoms with E-state index < -0.39 is 5.97 Å². The molecule has 0 aliphatic carbocycles. The number of carbonyl (C=O) groups is 1. The standard InChI is InChI=1S/C23H25NO2/c1-5-23(3,6-2)21-18-15-11-10-14-17(18)19(16-12-8-7-9-13-16)20(24-21)22(25)26-4/h7-15H,5-6H2,1-4H3. The molecule has 0 N–H and O–H groups in total. The van der Waals surface area contributed by atoms with E-state index in [9.17, 15) is 4.79 Å². The molecule has 0 unspecified atom stereocenters. The summed E-state index contributed by atoms with van der Waals surface area (Å²) in [5, 5.41) is 2.14. The molecule has 0 atom stereocenters. The third kappa shape index (κ3) is 2.98. The first-order valence-corrected chi connectivity index (χ1v) is 9.12. The Balaban J connectivity index is 2.46. The van der Waals surface area contributed by atoms with Crippen molar-refractivity contribution < 1.29 is 9.53 Å². The second-order valence-electron chi connectivity index (χ2n) is 6.85. The van der Waals surface area contributed by atoms with E-state index in [1.54, 1.807) is 0 Å². The van der Waals surface area contributed by atoms with E-state index in [1.165, 1.54) is 7.11 Å². The number of ether oxygens (including phenoxy) is 1. The average molecular weight is 347 g/mol. The fourth-order valence-electron chi connectivity index (χ4n) is 3.45. The van der Waals surface area contributed by atoms with Crippen molar-refractivity contribution in [2.45, 2.75) is 39.0 Å². The van der Waals surface area contributed by atoms with Crippen LogP contribution in [0.4, 0.5) is 0 Å². The van der Waals surface area contributed by atoms with Gasteiger partial charge >= 0.3 is 5.97 Å². The lowest BCUT2D eigenvalue weighted by Crippen LogP contribution is -2.24. The molecule has 3 heteroatoms. The zero-order chi connectivity index (χ0) is 18.7. The highest BCUT2D eigenvalue weighted by atomic mass is 16.5. The Morgan fingerprint density at radius 3 is 2.12 bits per heavy atom. The Morgan fingerprint density at radius 2 is 1.54 bits per heavy atom. The molecule has 134 valence electrons. The molecule has 0 aliphatic rings. The molecule has 26 heavy (non-hydrogen) atoms. The van der Waals surface area contributed by atoms with Crippen molar-refractivity contribution in [1.29, 1.82) is 0 Å². The van der Waals surface area contributed by atoms with Crippen LogP contribution in [0.25, 0.3) is 21.9 Å². The SMILES string of the molecule is CCC(C)(CC)c1nc(C(=O)OC)c(-c2ccccc2)c2ccccc12. The molecule has 0 saturated heterocycles. The minimum absolute atomic E-state index is 0.0996. The summed E-state index contributed by atoms with van der Waals surface area (Å²) in [5.41, 5.74) is 3.07. The van der Waals surface area contributed by atoms with Crippen molar-refractivity contribution in [3.63, 3.8) is 0 Å². The van der Waals surface area contributed by atoms with Crippen LogP contribution in [0.3, 0.4) is 0 Å². The first-order chi connectivity index (χ1) is 12.6. The molecule has 3 rings (SSSR count). The minimum atomic E-state index is -0.398. The van der Waals surface area contributed by atoms with Crippen LogP contribution >= 0.6 is 0 Å². The maximum Gasteiger partial charge on any atom is 0.357 e. The summed E-state index contributed by atoms with van der Waals surface area (Å²) in [6.45, 7) is 6.55. The minimum Gasteiger partial charge on any atom is -0.464 e. The summed E-state index contributed by atoms with van der Waals surface area (Å²) in [6, 6.07) is 18.2. The number of pyridine rings is 1. The van der Waals surface area contributed by atoms with Gasteiger partial charge in [-0.05, 0) is 23.8 Å². The molecule has 0 bridgehead atoms. The molecule has 1 heterocycles. The number of esters is 1. The first kappa shape index (κ1) is 18.1. The predicted octanol–water partition coefficient (Wildman–Crippen LogP) is 5.77. The molecule has 0 aliphatic heterocycles. The van der Waals surface area contributed by atoms with Gasteiger partial charge in [0.15, 0.2) is 5.69 Å². The van der Waals surface area contributed by atoms with Crippen LogP contribution in [0, 0.1) is 0 Å². The van der Waals surface area contributed by atoms with Gasteiger partial charge < -0.3 is 4.74 Å². The van der Waals surface area contributed by atoms with Gasteiger partial charge in [0.25, 0.3) is 0 Å². The van der Waals surface area contributed by atoms with Gasteiger partial charge in [0, 0.05) is 16.4 Å². The number of rotatable bonds is 5. The normalized spacial score (nSPS) is 11.5. The van der Waals surface area contributed by atoms with Crippen molar-refractivity contribution in [3.8, 4) is 11.1 Å². The molecule has 0 fully saturated rings. The molecule has 0 amide bonds. The molecule has 3 aromatic rings. The van der Waals surface area contributed by atoms with E-state index in [0.717, 1.165) is 40.4 Å². The third-order valence-corrected chi connectivity index (χ3v) is 5.49. The second kappa shape index (κ2) is 7.28. The number of methoxy groups -OCH3 is 1. The second-order valence-corrected chi connectivity index (χ2v) is 6.85. The Hall–Kier alpha value is -2.68. The molecular weight excluding hydrogens is 322 g/mol. The van der Waals surface area contributed by atoms with Gasteiger partial charge in [-0.15, -0.1) is 0 Å². The smallest absolute Gasteiger partial charge is 0.357 e. The van der Waals surface area contributed by atoms with Crippen LogP contribution in [0.1, 0.15) is 49.8 Å². The van der Waals surface area contributed by atoms with E-state index in [1.807, 2.05) is 42.5 Å². The van der Waals surface area contributed by atoms with Crippen LogP contribution in [0.5, 0.6) is 0 Å². The molecular formula is C23H25NO2. The molecule has 3 nitrogen and oxygen atoms in total. The van der Waals surface area contributed by atoms with Crippen molar-refractivity contribution in [3.05, 3.63) is 66.0 Å². The monoisotopic (exact) mass is 347 g/mol. The predicted molar refractivity (Wildman–Crippen MR) is 106 cm³/mol. The summed E-state index contributed by atoms with van der Waals surface area (Å²) in [4.78, 5) is 17.5. The van der Waals surface area contributed by atoms with Crippen LogP contribution in [-0.2, 0) is 10.2 Å². The Morgan fingerprint density at radius 1 is 0.962 bits per heavy atom. The van der Waals surface area contributed by atoms with Crippen LogP contribution < -0.4 is 0 Å². The summed E-state index contributed by atoms with van der Waals surface area (Å²) in [5.74, 6) is -0.398. The molecule has 1 aromatic heterocycles.